The first kappa shape index (κ1) is 15.1. The predicted octanol–water partition coefficient (Wildman–Crippen LogP) is 3.70. The van der Waals surface area contributed by atoms with Crippen LogP contribution in [0.15, 0.2) is 29.2 Å². The van der Waals surface area contributed by atoms with Gasteiger partial charge in [0.1, 0.15) is 10.1 Å². The van der Waals surface area contributed by atoms with Crippen LogP contribution in [0.2, 0.25) is 0 Å². The highest BCUT2D eigenvalue weighted by atomic mass is 32.2. The largest absolute Gasteiger partial charge is 0.494 e. The molecule has 1 aliphatic heterocycles. The monoisotopic (exact) mass is 307 g/mol. The predicted molar refractivity (Wildman–Crippen MR) is 87.8 cm³/mol. The molecule has 1 saturated heterocycles. The molecule has 1 amide bonds. The molecule has 0 unspecified atom stereocenters. The molecule has 3 nitrogen and oxygen atoms in total. The summed E-state index contributed by atoms with van der Waals surface area (Å²) in [6.45, 7) is 2.88. The SMILES string of the molecule is CCCCOc1ccc(/C=C2/SC(=S)N(C)C2=O)cc1. The Hall–Kier alpha value is -1.33. The van der Waals surface area contributed by atoms with Crippen LogP contribution >= 0.6 is 24.0 Å². The summed E-state index contributed by atoms with van der Waals surface area (Å²) in [4.78, 5) is 14.0. The minimum atomic E-state index is -0.0386. The van der Waals surface area contributed by atoms with Gasteiger partial charge >= 0.3 is 0 Å². The molecule has 0 radical (unpaired) electrons. The molecule has 0 aliphatic carbocycles. The molecule has 0 N–H and O–H groups in total. The third-order valence-electron chi connectivity index (χ3n) is 2.93. The van der Waals surface area contributed by atoms with Crippen molar-refractivity contribution < 1.29 is 9.53 Å². The fourth-order valence-corrected chi connectivity index (χ4v) is 2.87. The number of amides is 1. The van der Waals surface area contributed by atoms with Crippen molar-refractivity contribution in [2.24, 2.45) is 0 Å². The van der Waals surface area contributed by atoms with Gasteiger partial charge in [-0.05, 0) is 30.2 Å². The van der Waals surface area contributed by atoms with E-state index in [1.807, 2.05) is 30.3 Å². The van der Waals surface area contributed by atoms with Crippen LogP contribution < -0.4 is 4.74 Å². The maximum Gasteiger partial charge on any atom is 0.265 e. The number of benzene rings is 1. The molecule has 1 heterocycles. The molecule has 0 bridgehead atoms. The van der Waals surface area contributed by atoms with E-state index < -0.39 is 0 Å². The lowest BCUT2D eigenvalue weighted by molar-refractivity contribution is -0.121. The molecule has 106 valence electrons. The van der Waals surface area contributed by atoms with E-state index >= 15 is 0 Å². The standard InChI is InChI=1S/C15H17NO2S2/c1-3-4-9-18-12-7-5-11(6-8-12)10-13-14(17)16(2)15(19)20-13/h5-8,10H,3-4,9H2,1-2H3/b13-10+. The van der Waals surface area contributed by atoms with Crippen LogP contribution in [0.4, 0.5) is 0 Å². The van der Waals surface area contributed by atoms with Gasteiger partial charge in [0.25, 0.3) is 5.91 Å². The summed E-state index contributed by atoms with van der Waals surface area (Å²) < 4.78 is 6.20. The summed E-state index contributed by atoms with van der Waals surface area (Å²) in [6.07, 6.45) is 4.04. The van der Waals surface area contributed by atoms with E-state index in [2.05, 4.69) is 6.92 Å². The zero-order valence-corrected chi connectivity index (χ0v) is 13.2. The molecule has 20 heavy (non-hydrogen) atoms. The molecule has 2 rings (SSSR count). The molecular weight excluding hydrogens is 290 g/mol. The minimum Gasteiger partial charge on any atom is -0.494 e. The van der Waals surface area contributed by atoms with Crippen molar-refractivity contribution in [3.8, 4) is 5.75 Å². The molecule has 5 heteroatoms. The number of carbonyl (C=O) groups excluding carboxylic acids is 1. The first-order valence-corrected chi connectivity index (χ1v) is 7.78. The highest BCUT2D eigenvalue weighted by Gasteiger charge is 2.28. The molecule has 1 aromatic carbocycles. The fourth-order valence-electron chi connectivity index (χ4n) is 1.69. The zero-order chi connectivity index (χ0) is 14.5. The number of likely N-dealkylation sites (N-methyl/N-ethyl adjacent to an activating group) is 1. The number of nitrogens with zero attached hydrogens (tertiary/aromatic N) is 1. The van der Waals surface area contributed by atoms with Crippen LogP contribution in [-0.4, -0.2) is 28.8 Å². The number of thioether (sulfide) groups is 1. The number of rotatable bonds is 5. The quantitative estimate of drug-likeness (QED) is 0.471. The summed E-state index contributed by atoms with van der Waals surface area (Å²) in [5.74, 6) is 0.821. The van der Waals surface area contributed by atoms with Crippen LogP contribution in [0.25, 0.3) is 6.08 Å². The van der Waals surface area contributed by atoms with E-state index in [0.717, 1.165) is 30.8 Å². The Morgan fingerprint density at radius 2 is 2.05 bits per heavy atom. The van der Waals surface area contributed by atoms with Gasteiger partial charge in [-0.25, -0.2) is 0 Å². The average molecular weight is 307 g/mol. The van der Waals surface area contributed by atoms with Crippen molar-refractivity contribution in [2.45, 2.75) is 19.8 Å². The Kier molecular flexibility index (Phi) is 5.20. The van der Waals surface area contributed by atoms with Gasteiger partial charge in [0.15, 0.2) is 0 Å². The smallest absolute Gasteiger partial charge is 0.265 e. The number of unbranched alkanes of at least 4 members (excludes halogenated alkanes) is 1. The Bertz CT molecular complexity index is 537. The second-order valence-electron chi connectivity index (χ2n) is 4.51. The molecule has 1 aliphatic rings. The lowest BCUT2D eigenvalue weighted by atomic mass is 10.2. The van der Waals surface area contributed by atoms with Gasteiger partial charge < -0.3 is 4.74 Å². The molecule has 0 atom stereocenters. The van der Waals surface area contributed by atoms with Crippen molar-refractivity contribution in [3.63, 3.8) is 0 Å². The van der Waals surface area contributed by atoms with Gasteiger partial charge in [-0.1, -0.05) is 49.5 Å². The van der Waals surface area contributed by atoms with E-state index in [-0.39, 0.29) is 5.91 Å². The van der Waals surface area contributed by atoms with Gasteiger partial charge in [-0.2, -0.15) is 0 Å². The van der Waals surface area contributed by atoms with E-state index in [1.165, 1.54) is 16.7 Å². The normalized spacial score (nSPS) is 17.1. The van der Waals surface area contributed by atoms with Crippen molar-refractivity contribution in [1.82, 2.24) is 4.90 Å². The highest BCUT2D eigenvalue weighted by Crippen LogP contribution is 2.31. The molecule has 0 saturated carbocycles. The number of carbonyl (C=O) groups is 1. The Labute approximate surface area is 129 Å². The summed E-state index contributed by atoms with van der Waals surface area (Å²) in [6, 6.07) is 7.75. The maximum absolute atomic E-state index is 11.9. The maximum atomic E-state index is 11.9. The van der Waals surface area contributed by atoms with Crippen molar-refractivity contribution in [3.05, 3.63) is 34.7 Å². The van der Waals surface area contributed by atoms with Crippen LogP contribution in [0.1, 0.15) is 25.3 Å². The third kappa shape index (κ3) is 3.61. The lowest BCUT2D eigenvalue weighted by Crippen LogP contribution is -2.22. The van der Waals surface area contributed by atoms with Crippen molar-refractivity contribution in [1.29, 1.82) is 0 Å². The molecule has 0 spiro atoms. The molecule has 0 aromatic heterocycles. The fraction of sp³-hybridized carbons (Fsp3) is 0.333. The summed E-state index contributed by atoms with van der Waals surface area (Å²) >= 11 is 6.43. The summed E-state index contributed by atoms with van der Waals surface area (Å²) in [5, 5.41) is 0. The second-order valence-corrected chi connectivity index (χ2v) is 6.19. The topological polar surface area (TPSA) is 29.5 Å². The number of hydrogen-bond donors (Lipinski definition) is 0. The Morgan fingerprint density at radius 3 is 2.60 bits per heavy atom. The minimum absolute atomic E-state index is 0.0386. The van der Waals surface area contributed by atoms with E-state index in [9.17, 15) is 4.79 Å². The van der Waals surface area contributed by atoms with Gasteiger partial charge in [-0.15, -0.1) is 0 Å². The van der Waals surface area contributed by atoms with E-state index in [0.29, 0.717) is 9.23 Å². The van der Waals surface area contributed by atoms with Crippen molar-refractivity contribution in [2.75, 3.05) is 13.7 Å². The van der Waals surface area contributed by atoms with Crippen LogP contribution in [-0.2, 0) is 4.79 Å². The first-order chi connectivity index (χ1) is 9.61. The van der Waals surface area contributed by atoms with Crippen LogP contribution in [0.5, 0.6) is 5.75 Å². The molecule has 1 fully saturated rings. The third-order valence-corrected chi connectivity index (χ3v) is 4.42. The average Bonchev–Trinajstić information content (AvgIpc) is 2.69. The Balaban J connectivity index is 2.04. The van der Waals surface area contributed by atoms with Gasteiger partial charge in [0, 0.05) is 7.05 Å². The highest BCUT2D eigenvalue weighted by molar-refractivity contribution is 8.26. The van der Waals surface area contributed by atoms with Crippen LogP contribution in [0, 0.1) is 0 Å². The summed E-state index contributed by atoms with van der Waals surface area (Å²) in [5.41, 5.74) is 0.974. The van der Waals surface area contributed by atoms with E-state index in [1.54, 1.807) is 7.05 Å². The van der Waals surface area contributed by atoms with Gasteiger partial charge in [0.2, 0.25) is 0 Å². The number of ether oxygens (including phenoxy) is 1. The first-order valence-electron chi connectivity index (χ1n) is 6.56. The number of hydrogen-bond acceptors (Lipinski definition) is 4. The lowest BCUT2D eigenvalue weighted by Gasteiger charge is -2.05. The second kappa shape index (κ2) is 6.90. The Morgan fingerprint density at radius 1 is 1.35 bits per heavy atom. The van der Waals surface area contributed by atoms with Crippen LogP contribution in [0.3, 0.4) is 0 Å². The van der Waals surface area contributed by atoms with Gasteiger partial charge in [-0.3, -0.25) is 9.69 Å². The zero-order valence-electron chi connectivity index (χ0n) is 11.6. The molecular formula is C15H17NO2S2. The molecule has 1 aromatic rings. The van der Waals surface area contributed by atoms with Gasteiger partial charge in [0.05, 0.1) is 11.5 Å². The number of thiocarbonyl (C=S) groups is 1. The van der Waals surface area contributed by atoms with Crippen molar-refractivity contribution >= 4 is 40.3 Å². The van der Waals surface area contributed by atoms with E-state index in [4.69, 9.17) is 17.0 Å². The summed E-state index contributed by atoms with van der Waals surface area (Å²) in [7, 11) is 1.70.